The van der Waals surface area contributed by atoms with E-state index in [0.29, 0.717) is 17.4 Å². The van der Waals surface area contributed by atoms with Crippen LogP contribution in [0.2, 0.25) is 0 Å². The van der Waals surface area contributed by atoms with Crippen LogP contribution in [0.3, 0.4) is 0 Å². The van der Waals surface area contributed by atoms with E-state index in [1.54, 1.807) is 18.3 Å². The molecule has 1 N–H and O–H groups in total. The van der Waals surface area contributed by atoms with Crippen molar-refractivity contribution in [1.82, 2.24) is 14.5 Å². The van der Waals surface area contributed by atoms with Crippen molar-refractivity contribution >= 4 is 17.0 Å². The molecule has 0 radical (unpaired) electrons. The molecule has 0 bridgehead atoms. The van der Waals surface area contributed by atoms with Gasteiger partial charge >= 0.3 is 0 Å². The minimum Gasteiger partial charge on any atom is -0.340 e. The molecule has 2 heterocycles. The van der Waals surface area contributed by atoms with Gasteiger partial charge in [0, 0.05) is 37.4 Å². The second kappa shape index (κ2) is 9.47. The molecule has 28 heavy (non-hydrogen) atoms. The molecule has 1 aromatic carbocycles. The lowest BCUT2D eigenvalue weighted by atomic mass is 9.89. The van der Waals surface area contributed by atoms with Crippen LogP contribution in [0.4, 0.5) is 0 Å². The van der Waals surface area contributed by atoms with Crippen molar-refractivity contribution < 1.29 is 13.6 Å². The average Bonchev–Trinajstić information content (AvgIpc) is 3.37. The van der Waals surface area contributed by atoms with Crippen LogP contribution < -0.4 is 0 Å². The summed E-state index contributed by atoms with van der Waals surface area (Å²) < 4.78 is 22.5. The molecule has 1 saturated heterocycles. The molecule has 1 fully saturated rings. The minimum absolute atomic E-state index is 0.170. The highest BCUT2D eigenvalue weighted by atomic mass is 32.2. The Morgan fingerprint density at radius 1 is 1.21 bits per heavy atom. The maximum absolute atomic E-state index is 12.5. The highest BCUT2D eigenvalue weighted by Gasteiger charge is 2.31. The maximum atomic E-state index is 12.5. The Labute approximate surface area is 169 Å². The Balaban J connectivity index is 1.76. The van der Waals surface area contributed by atoms with Crippen LogP contribution in [0.5, 0.6) is 0 Å². The fraction of sp³-hybridized carbons (Fsp3) is 0.524. The van der Waals surface area contributed by atoms with Crippen LogP contribution in [0.25, 0.3) is 0 Å². The van der Waals surface area contributed by atoms with Crippen molar-refractivity contribution in [2.24, 2.45) is 0 Å². The third-order valence-electron chi connectivity index (χ3n) is 5.79. The number of hydrogen-bond acceptors (Lipinski definition) is 3. The highest BCUT2D eigenvalue weighted by molar-refractivity contribution is 7.79. The zero-order valence-corrected chi connectivity index (χ0v) is 17.3. The van der Waals surface area contributed by atoms with Gasteiger partial charge in [-0.05, 0) is 49.3 Å². The first-order chi connectivity index (χ1) is 13.5. The summed E-state index contributed by atoms with van der Waals surface area (Å²) in [6.07, 6.45) is 9.99. The molecule has 0 aliphatic carbocycles. The van der Waals surface area contributed by atoms with E-state index in [2.05, 4.69) is 28.3 Å². The number of hydrogen-bond donors (Lipinski definition) is 1. The van der Waals surface area contributed by atoms with Crippen LogP contribution in [-0.4, -0.2) is 41.7 Å². The number of rotatable bonds is 9. The Morgan fingerprint density at radius 3 is 2.50 bits per heavy atom. The van der Waals surface area contributed by atoms with Gasteiger partial charge in [0.25, 0.3) is 0 Å². The summed E-state index contributed by atoms with van der Waals surface area (Å²) in [6, 6.07) is 7.74. The lowest BCUT2D eigenvalue weighted by Crippen LogP contribution is -2.38. The van der Waals surface area contributed by atoms with Crippen molar-refractivity contribution in [3.63, 3.8) is 0 Å². The molecule has 152 valence electrons. The summed E-state index contributed by atoms with van der Waals surface area (Å²) >= 11 is -1.96. The quantitative estimate of drug-likeness (QED) is 0.643. The molecule has 4 atom stereocenters. The molecule has 0 spiro atoms. The molecule has 6 nitrogen and oxygen atoms in total. The average molecular weight is 404 g/mol. The van der Waals surface area contributed by atoms with E-state index in [-0.39, 0.29) is 17.9 Å². The molecule has 1 aliphatic heterocycles. The molecule has 7 heteroatoms. The fourth-order valence-corrected chi connectivity index (χ4v) is 4.53. The van der Waals surface area contributed by atoms with Gasteiger partial charge in [0.2, 0.25) is 5.91 Å². The molecule has 3 rings (SSSR count). The van der Waals surface area contributed by atoms with Crippen molar-refractivity contribution in [3.05, 3.63) is 48.5 Å². The predicted molar refractivity (Wildman–Crippen MR) is 109 cm³/mol. The number of amides is 1. The molecule has 1 aromatic heterocycles. The third-order valence-corrected chi connectivity index (χ3v) is 6.46. The van der Waals surface area contributed by atoms with E-state index in [4.69, 9.17) is 0 Å². The van der Waals surface area contributed by atoms with Crippen LogP contribution in [0.1, 0.15) is 63.5 Å². The Bertz CT molecular complexity index is 792. The number of nitrogens with zero attached hydrogens (tertiary/aromatic N) is 3. The number of aromatic nitrogens is 2. The number of imidazole rings is 1. The van der Waals surface area contributed by atoms with E-state index < -0.39 is 11.1 Å². The topological polar surface area (TPSA) is 75.4 Å². The summed E-state index contributed by atoms with van der Waals surface area (Å²) in [5.41, 5.74) is 1.13. The normalized spacial score (nSPS) is 18.8. The first kappa shape index (κ1) is 20.7. The summed E-state index contributed by atoms with van der Waals surface area (Å²) in [5, 5.41) is 0. The largest absolute Gasteiger partial charge is 0.340 e. The van der Waals surface area contributed by atoms with E-state index >= 15 is 0 Å². The second-order valence-electron chi connectivity index (χ2n) is 7.61. The molecule has 4 unspecified atom stereocenters. The number of benzene rings is 1. The SMILES string of the molecule is CCC(CC(CC(C)c1ccc(S(=O)O)cc1)N1CCCC1=O)n1ccnc1. The monoisotopic (exact) mass is 403 g/mol. The maximum Gasteiger partial charge on any atom is 0.222 e. The zero-order valence-electron chi connectivity index (χ0n) is 16.5. The van der Waals surface area contributed by atoms with E-state index in [9.17, 15) is 13.6 Å². The third kappa shape index (κ3) is 4.89. The van der Waals surface area contributed by atoms with E-state index in [1.165, 1.54) is 0 Å². The van der Waals surface area contributed by atoms with Crippen molar-refractivity contribution in [2.75, 3.05) is 6.54 Å². The van der Waals surface area contributed by atoms with Gasteiger partial charge in [-0.15, -0.1) is 0 Å². The van der Waals surface area contributed by atoms with Crippen molar-refractivity contribution in [3.8, 4) is 0 Å². The van der Waals surface area contributed by atoms with E-state index in [1.807, 2.05) is 24.7 Å². The zero-order chi connectivity index (χ0) is 20.1. The van der Waals surface area contributed by atoms with Crippen LogP contribution >= 0.6 is 0 Å². The van der Waals surface area contributed by atoms with Gasteiger partial charge in [-0.2, -0.15) is 0 Å². The highest BCUT2D eigenvalue weighted by Crippen LogP contribution is 2.31. The number of carbonyl (C=O) groups is 1. The Hall–Kier alpha value is -1.99. The van der Waals surface area contributed by atoms with E-state index in [0.717, 1.165) is 37.8 Å². The van der Waals surface area contributed by atoms with Crippen molar-refractivity contribution in [2.45, 2.75) is 68.8 Å². The van der Waals surface area contributed by atoms with Gasteiger partial charge in [-0.1, -0.05) is 26.0 Å². The summed E-state index contributed by atoms with van der Waals surface area (Å²) in [4.78, 5) is 19.1. The van der Waals surface area contributed by atoms with Crippen LogP contribution in [-0.2, 0) is 15.9 Å². The molecular formula is C21H29N3O3S. The lowest BCUT2D eigenvalue weighted by molar-refractivity contribution is -0.130. The Kier molecular flexibility index (Phi) is 7.02. The minimum atomic E-state index is -1.96. The van der Waals surface area contributed by atoms with Crippen molar-refractivity contribution in [1.29, 1.82) is 0 Å². The lowest BCUT2D eigenvalue weighted by Gasteiger charge is -2.33. The fourth-order valence-electron chi connectivity index (χ4n) is 4.16. The summed E-state index contributed by atoms with van der Waals surface area (Å²) in [5.74, 6) is 0.503. The summed E-state index contributed by atoms with van der Waals surface area (Å²) in [6.45, 7) is 5.17. The number of likely N-dealkylation sites (tertiary alicyclic amines) is 1. The molecule has 2 aromatic rings. The molecule has 1 amide bonds. The number of carbonyl (C=O) groups excluding carboxylic acids is 1. The van der Waals surface area contributed by atoms with Gasteiger partial charge in [-0.3, -0.25) is 4.79 Å². The van der Waals surface area contributed by atoms with Gasteiger partial charge in [0.15, 0.2) is 11.1 Å². The second-order valence-corrected chi connectivity index (χ2v) is 8.58. The molecule has 1 aliphatic rings. The van der Waals surface area contributed by atoms with Crippen LogP contribution in [0.15, 0.2) is 47.9 Å². The standard InChI is InChI=1S/C21H29N3O3S/c1-3-18(23-12-10-22-15-23)14-19(24-11-4-5-21(24)25)13-16(2)17-6-8-20(9-7-17)28(26)27/h6-10,12,15-16,18-19H,3-5,11,13-14H2,1-2H3,(H,26,27). The van der Waals surface area contributed by atoms with Crippen LogP contribution in [0, 0.1) is 0 Å². The summed E-state index contributed by atoms with van der Waals surface area (Å²) in [7, 11) is 0. The van der Waals surface area contributed by atoms with Gasteiger partial charge in [0.1, 0.15) is 0 Å². The smallest absolute Gasteiger partial charge is 0.222 e. The first-order valence-electron chi connectivity index (χ1n) is 9.97. The predicted octanol–water partition coefficient (Wildman–Crippen LogP) is 3.99. The van der Waals surface area contributed by atoms with Gasteiger partial charge in [0.05, 0.1) is 11.2 Å². The molecule has 0 saturated carbocycles. The molecular weight excluding hydrogens is 374 g/mol. The van der Waals surface area contributed by atoms with Gasteiger partial charge in [-0.25, -0.2) is 9.19 Å². The Morgan fingerprint density at radius 2 is 1.96 bits per heavy atom. The van der Waals surface area contributed by atoms with Gasteiger partial charge < -0.3 is 14.0 Å². The first-order valence-corrected chi connectivity index (χ1v) is 11.1.